The Bertz CT molecular complexity index is 412. The molecule has 0 heterocycles. The molecular formula is C14H20O3. The van der Waals surface area contributed by atoms with E-state index >= 15 is 0 Å². The molecule has 1 aromatic rings. The number of aryl methyl sites for hydroxylation is 2. The van der Waals surface area contributed by atoms with E-state index in [1.807, 2.05) is 39.0 Å². The standard InChI is InChI=1S/C14H20O3/c1-4-7-14(17,9-13(15)16)12-6-5-10(2)8-11(12)3/h5-6,8,17H,4,7,9H2,1-3H3,(H,15,16). The van der Waals surface area contributed by atoms with Gasteiger partial charge < -0.3 is 10.2 Å². The Morgan fingerprint density at radius 2 is 2.00 bits per heavy atom. The summed E-state index contributed by atoms with van der Waals surface area (Å²) in [5.74, 6) is -0.971. The highest BCUT2D eigenvalue weighted by Crippen LogP contribution is 2.32. The first-order valence-electron chi connectivity index (χ1n) is 5.91. The summed E-state index contributed by atoms with van der Waals surface area (Å²) in [6, 6.07) is 5.71. The second kappa shape index (κ2) is 5.32. The minimum absolute atomic E-state index is 0.245. The first kappa shape index (κ1) is 13.7. The van der Waals surface area contributed by atoms with Crippen molar-refractivity contribution in [3.05, 3.63) is 34.9 Å². The van der Waals surface area contributed by atoms with Crippen molar-refractivity contribution in [1.29, 1.82) is 0 Å². The lowest BCUT2D eigenvalue weighted by atomic mass is 9.83. The normalized spacial score (nSPS) is 14.4. The molecule has 0 aliphatic rings. The van der Waals surface area contributed by atoms with Crippen molar-refractivity contribution >= 4 is 5.97 Å². The molecule has 0 aliphatic carbocycles. The Balaban J connectivity index is 3.16. The van der Waals surface area contributed by atoms with Crippen LogP contribution < -0.4 is 0 Å². The van der Waals surface area contributed by atoms with Gasteiger partial charge >= 0.3 is 5.97 Å². The molecule has 0 amide bonds. The summed E-state index contributed by atoms with van der Waals surface area (Å²) in [5, 5.41) is 19.5. The second-order valence-corrected chi connectivity index (χ2v) is 4.67. The van der Waals surface area contributed by atoms with Crippen LogP contribution in [-0.2, 0) is 10.4 Å². The van der Waals surface area contributed by atoms with Crippen molar-refractivity contribution in [2.75, 3.05) is 0 Å². The predicted octanol–water partition coefficient (Wildman–Crippen LogP) is 2.77. The lowest BCUT2D eigenvalue weighted by Gasteiger charge is -2.28. The van der Waals surface area contributed by atoms with Crippen LogP contribution >= 0.6 is 0 Å². The molecule has 2 N–H and O–H groups in total. The Morgan fingerprint density at radius 3 is 2.47 bits per heavy atom. The van der Waals surface area contributed by atoms with Gasteiger partial charge in [0.25, 0.3) is 0 Å². The monoisotopic (exact) mass is 236 g/mol. The fourth-order valence-electron chi connectivity index (χ4n) is 2.32. The van der Waals surface area contributed by atoms with E-state index in [2.05, 4.69) is 0 Å². The van der Waals surface area contributed by atoms with Crippen LogP contribution in [0, 0.1) is 13.8 Å². The molecule has 1 rings (SSSR count). The van der Waals surface area contributed by atoms with Gasteiger partial charge in [0, 0.05) is 0 Å². The van der Waals surface area contributed by atoms with Crippen molar-refractivity contribution in [3.63, 3.8) is 0 Å². The van der Waals surface area contributed by atoms with Crippen LogP contribution in [-0.4, -0.2) is 16.2 Å². The Kier molecular flexibility index (Phi) is 4.29. The lowest BCUT2D eigenvalue weighted by molar-refractivity contribution is -0.143. The zero-order valence-electron chi connectivity index (χ0n) is 10.7. The molecule has 17 heavy (non-hydrogen) atoms. The fourth-order valence-corrected chi connectivity index (χ4v) is 2.32. The van der Waals surface area contributed by atoms with E-state index in [9.17, 15) is 9.90 Å². The number of carbonyl (C=O) groups is 1. The quantitative estimate of drug-likeness (QED) is 0.826. The van der Waals surface area contributed by atoms with Crippen LogP contribution in [0.3, 0.4) is 0 Å². The topological polar surface area (TPSA) is 57.5 Å². The molecule has 0 saturated carbocycles. The van der Waals surface area contributed by atoms with E-state index in [0.717, 1.165) is 23.1 Å². The van der Waals surface area contributed by atoms with Crippen molar-refractivity contribution in [2.24, 2.45) is 0 Å². The molecule has 94 valence electrons. The maximum atomic E-state index is 10.9. The summed E-state index contributed by atoms with van der Waals surface area (Å²) in [7, 11) is 0. The minimum Gasteiger partial charge on any atom is -0.481 e. The van der Waals surface area contributed by atoms with E-state index in [1.54, 1.807) is 0 Å². The Morgan fingerprint density at radius 1 is 1.35 bits per heavy atom. The summed E-state index contributed by atoms with van der Waals surface area (Å²) in [4.78, 5) is 10.9. The highest BCUT2D eigenvalue weighted by Gasteiger charge is 2.32. The van der Waals surface area contributed by atoms with Gasteiger partial charge in [0.05, 0.1) is 6.42 Å². The molecule has 1 atom stereocenters. The first-order chi connectivity index (χ1) is 7.89. The van der Waals surface area contributed by atoms with Crippen LogP contribution in [0.4, 0.5) is 0 Å². The van der Waals surface area contributed by atoms with E-state index in [-0.39, 0.29) is 6.42 Å². The van der Waals surface area contributed by atoms with Gasteiger partial charge in [0.2, 0.25) is 0 Å². The number of aliphatic hydroxyl groups is 1. The van der Waals surface area contributed by atoms with Crippen LogP contribution in [0.15, 0.2) is 18.2 Å². The predicted molar refractivity (Wildman–Crippen MR) is 67.0 cm³/mol. The number of aliphatic carboxylic acids is 1. The van der Waals surface area contributed by atoms with Crippen LogP contribution in [0.25, 0.3) is 0 Å². The van der Waals surface area contributed by atoms with E-state index in [0.29, 0.717) is 6.42 Å². The summed E-state index contributed by atoms with van der Waals surface area (Å²) >= 11 is 0. The molecule has 1 unspecified atom stereocenters. The summed E-state index contributed by atoms with van der Waals surface area (Å²) in [6.45, 7) is 5.83. The maximum Gasteiger partial charge on any atom is 0.306 e. The number of benzene rings is 1. The molecule has 0 saturated heterocycles. The van der Waals surface area contributed by atoms with Gasteiger partial charge in [0.1, 0.15) is 5.60 Å². The third-order valence-corrected chi connectivity index (χ3v) is 2.99. The van der Waals surface area contributed by atoms with Crippen LogP contribution in [0.5, 0.6) is 0 Å². The van der Waals surface area contributed by atoms with Gasteiger partial charge in [-0.1, -0.05) is 37.1 Å². The van der Waals surface area contributed by atoms with Crippen LogP contribution in [0.2, 0.25) is 0 Å². The zero-order chi connectivity index (χ0) is 13.1. The van der Waals surface area contributed by atoms with Gasteiger partial charge in [-0.25, -0.2) is 0 Å². The molecule has 0 radical (unpaired) electrons. The van der Waals surface area contributed by atoms with E-state index in [4.69, 9.17) is 5.11 Å². The maximum absolute atomic E-state index is 10.9. The van der Waals surface area contributed by atoms with Gasteiger partial charge in [-0.3, -0.25) is 4.79 Å². The van der Waals surface area contributed by atoms with Crippen molar-refractivity contribution in [3.8, 4) is 0 Å². The largest absolute Gasteiger partial charge is 0.481 e. The molecule has 0 aromatic heterocycles. The molecule has 0 bridgehead atoms. The number of carboxylic acid groups (broad SMARTS) is 1. The Hall–Kier alpha value is -1.35. The molecule has 0 spiro atoms. The third-order valence-electron chi connectivity index (χ3n) is 2.99. The number of rotatable bonds is 5. The summed E-state index contributed by atoms with van der Waals surface area (Å²) in [5.41, 5.74) is 1.54. The molecule has 1 aromatic carbocycles. The third kappa shape index (κ3) is 3.30. The summed E-state index contributed by atoms with van der Waals surface area (Å²) < 4.78 is 0. The SMILES string of the molecule is CCCC(O)(CC(=O)O)c1ccc(C)cc1C. The van der Waals surface area contributed by atoms with Gasteiger partial charge in [0.15, 0.2) is 0 Å². The number of carboxylic acids is 1. The minimum atomic E-state index is -1.25. The second-order valence-electron chi connectivity index (χ2n) is 4.67. The van der Waals surface area contributed by atoms with E-state index in [1.165, 1.54) is 0 Å². The molecule has 3 nitrogen and oxygen atoms in total. The van der Waals surface area contributed by atoms with Crippen LogP contribution in [0.1, 0.15) is 42.9 Å². The molecule has 0 aliphatic heterocycles. The lowest BCUT2D eigenvalue weighted by Crippen LogP contribution is -2.29. The summed E-state index contributed by atoms with van der Waals surface area (Å²) in [6.07, 6.45) is 0.963. The van der Waals surface area contributed by atoms with Gasteiger partial charge in [-0.2, -0.15) is 0 Å². The highest BCUT2D eigenvalue weighted by atomic mass is 16.4. The zero-order valence-corrected chi connectivity index (χ0v) is 10.7. The number of hydrogen-bond donors (Lipinski definition) is 2. The van der Waals surface area contributed by atoms with Crippen molar-refractivity contribution in [2.45, 2.75) is 45.6 Å². The van der Waals surface area contributed by atoms with Gasteiger partial charge in [-0.15, -0.1) is 0 Å². The first-order valence-corrected chi connectivity index (χ1v) is 5.91. The van der Waals surface area contributed by atoms with Gasteiger partial charge in [-0.05, 0) is 31.4 Å². The molecule has 0 fully saturated rings. The number of hydrogen-bond acceptors (Lipinski definition) is 2. The fraction of sp³-hybridized carbons (Fsp3) is 0.500. The van der Waals surface area contributed by atoms with E-state index < -0.39 is 11.6 Å². The van der Waals surface area contributed by atoms with Crippen molar-refractivity contribution in [1.82, 2.24) is 0 Å². The average molecular weight is 236 g/mol. The smallest absolute Gasteiger partial charge is 0.306 e. The van der Waals surface area contributed by atoms with Crippen molar-refractivity contribution < 1.29 is 15.0 Å². The molecular weight excluding hydrogens is 216 g/mol. The average Bonchev–Trinajstić information content (AvgIpc) is 2.15. The Labute approximate surface area is 102 Å². The highest BCUT2D eigenvalue weighted by molar-refractivity contribution is 5.68. The molecule has 3 heteroatoms.